The molecule has 0 fully saturated rings. The van der Waals surface area contributed by atoms with Gasteiger partial charge in [0.1, 0.15) is 11.5 Å². The van der Waals surface area contributed by atoms with Gasteiger partial charge in [-0.2, -0.15) is 0 Å². The number of ether oxygens (including phenoxy) is 2. The highest BCUT2D eigenvalue weighted by Crippen LogP contribution is 2.29. The van der Waals surface area contributed by atoms with Crippen molar-refractivity contribution in [2.24, 2.45) is 0 Å². The number of benzene rings is 2. The van der Waals surface area contributed by atoms with Crippen LogP contribution in [0.2, 0.25) is 0 Å². The molecule has 0 aliphatic rings. The van der Waals surface area contributed by atoms with Crippen LogP contribution in [0.25, 0.3) is 10.9 Å². The van der Waals surface area contributed by atoms with Crippen molar-refractivity contribution in [2.45, 2.75) is 25.9 Å². The van der Waals surface area contributed by atoms with Gasteiger partial charge in [0.25, 0.3) is 0 Å². The van der Waals surface area contributed by atoms with E-state index >= 15 is 0 Å². The Hall–Kier alpha value is -2.95. The molecule has 1 heterocycles. The molecular weight excluding hydrogens is 328 g/mol. The average Bonchev–Trinajstić information content (AvgIpc) is 3.09. The van der Waals surface area contributed by atoms with Crippen LogP contribution in [0.15, 0.2) is 54.7 Å². The fraction of sp³-hybridized carbons (Fsp3) is 0.286. The van der Waals surface area contributed by atoms with E-state index in [0.717, 1.165) is 16.8 Å². The molecule has 3 rings (SSSR count). The minimum absolute atomic E-state index is 0.00755. The first-order chi connectivity index (χ1) is 12.6. The second kappa shape index (κ2) is 7.95. The third-order valence-corrected chi connectivity index (χ3v) is 4.54. The van der Waals surface area contributed by atoms with Crippen molar-refractivity contribution in [3.63, 3.8) is 0 Å². The van der Waals surface area contributed by atoms with Crippen LogP contribution in [0, 0.1) is 0 Å². The fourth-order valence-electron chi connectivity index (χ4n) is 3.13. The van der Waals surface area contributed by atoms with Crippen LogP contribution in [0.5, 0.6) is 11.5 Å². The van der Waals surface area contributed by atoms with Crippen LogP contribution >= 0.6 is 0 Å². The van der Waals surface area contributed by atoms with Crippen LogP contribution in [0.1, 0.15) is 24.9 Å². The monoisotopic (exact) mass is 352 g/mol. The Kier molecular flexibility index (Phi) is 5.46. The van der Waals surface area contributed by atoms with E-state index in [2.05, 4.69) is 28.1 Å². The highest BCUT2D eigenvalue weighted by atomic mass is 16.5. The molecule has 1 amide bonds. The zero-order valence-electron chi connectivity index (χ0n) is 15.4. The molecule has 0 radical (unpaired) electrons. The van der Waals surface area contributed by atoms with Gasteiger partial charge in [-0.15, -0.1) is 0 Å². The van der Waals surface area contributed by atoms with Crippen molar-refractivity contribution in [3.05, 3.63) is 60.3 Å². The molecule has 1 aromatic heterocycles. The molecule has 0 saturated heterocycles. The number of rotatable bonds is 7. The minimum Gasteiger partial charge on any atom is -0.497 e. The summed E-state index contributed by atoms with van der Waals surface area (Å²) >= 11 is 0. The van der Waals surface area contributed by atoms with Gasteiger partial charge in [0.15, 0.2) is 0 Å². The lowest BCUT2D eigenvalue weighted by Gasteiger charge is -2.18. The zero-order valence-corrected chi connectivity index (χ0v) is 15.4. The molecule has 1 N–H and O–H groups in total. The summed E-state index contributed by atoms with van der Waals surface area (Å²) in [4.78, 5) is 12.4. The molecule has 2 aromatic carbocycles. The summed E-state index contributed by atoms with van der Waals surface area (Å²) in [6.07, 6.45) is 2.44. The normalized spacial score (nSPS) is 12.0. The van der Waals surface area contributed by atoms with Crippen molar-refractivity contribution >= 4 is 16.8 Å². The molecule has 1 atom stereocenters. The Morgan fingerprint density at radius 3 is 2.69 bits per heavy atom. The van der Waals surface area contributed by atoms with Gasteiger partial charge < -0.3 is 19.4 Å². The number of nitrogens with zero attached hydrogens (tertiary/aromatic N) is 1. The third-order valence-electron chi connectivity index (χ3n) is 4.54. The largest absolute Gasteiger partial charge is 0.497 e. The summed E-state index contributed by atoms with van der Waals surface area (Å²) in [6.45, 7) is 2.60. The third kappa shape index (κ3) is 3.82. The molecule has 136 valence electrons. The number of hydrogen-bond acceptors (Lipinski definition) is 3. The van der Waals surface area contributed by atoms with Gasteiger partial charge in [0, 0.05) is 36.3 Å². The minimum atomic E-state index is -0.148. The van der Waals surface area contributed by atoms with Gasteiger partial charge >= 0.3 is 0 Å². The van der Waals surface area contributed by atoms with E-state index in [9.17, 15) is 4.79 Å². The van der Waals surface area contributed by atoms with Crippen molar-refractivity contribution in [3.8, 4) is 11.5 Å². The van der Waals surface area contributed by atoms with Crippen LogP contribution in [0.4, 0.5) is 0 Å². The summed E-state index contributed by atoms with van der Waals surface area (Å²) < 4.78 is 12.7. The molecule has 0 aliphatic carbocycles. The molecule has 0 aliphatic heterocycles. The fourth-order valence-corrected chi connectivity index (χ4v) is 3.13. The SMILES string of the molecule is COc1ccc(C(C)NC(=O)CCn2ccc3ccccc32)c(OC)c1. The number of carbonyl (C=O) groups is 1. The first-order valence-corrected chi connectivity index (χ1v) is 8.67. The lowest BCUT2D eigenvalue weighted by atomic mass is 10.1. The van der Waals surface area contributed by atoms with Gasteiger partial charge in [0.05, 0.1) is 20.3 Å². The van der Waals surface area contributed by atoms with Crippen LogP contribution in [-0.4, -0.2) is 24.7 Å². The van der Waals surface area contributed by atoms with Crippen LogP contribution < -0.4 is 14.8 Å². The number of nitrogens with one attached hydrogen (secondary N) is 1. The van der Waals surface area contributed by atoms with E-state index in [1.165, 1.54) is 5.39 Å². The van der Waals surface area contributed by atoms with Gasteiger partial charge in [-0.1, -0.05) is 18.2 Å². The van der Waals surface area contributed by atoms with E-state index in [-0.39, 0.29) is 11.9 Å². The predicted octanol–water partition coefficient (Wildman–Crippen LogP) is 3.93. The van der Waals surface area contributed by atoms with Gasteiger partial charge in [-0.05, 0) is 36.6 Å². The Morgan fingerprint density at radius 1 is 1.12 bits per heavy atom. The molecule has 1 unspecified atom stereocenters. The molecule has 0 spiro atoms. The van der Waals surface area contributed by atoms with Gasteiger partial charge in [-0.25, -0.2) is 0 Å². The Labute approximate surface area is 153 Å². The topological polar surface area (TPSA) is 52.5 Å². The highest BCUT2D eigenvalue weighted by molar-refractivity contribution is 5.80. The molecule has 5 heteroatoms. The van der Waals surface area contributed by atoms with Gasteiger partial charge in [-0.3, -0.25) is 4.79 Å². The maximum atomic E-state index is 12.4. The predicted molar refractivity (Wildman–Crippen MR) is 103 cm³/mol. The standard InChI is InChI=1S/C21H24N2O3/c1-15(18-9-8-17(25-2)14-20(18)26-3)22-21(24)11-13-23-12-10-16-6-4-5-7-19(16)23/h4-10,12,14-15H,11,13H2,1-3H3,(H,22,24). The number of amides is 1. The van der Waals surface area contributed by atoms with E-state index in [1.807, 2.05) is 43.5 Å². The molecular formula is C21H24N2O3. The Bertz CT molecular complexity index is 901. The quantitative estimate of drug-likeness (QED) is 0.701. The molecule has 26 heavy (non-hydrogen) atoms. The second-order valence-electron chi connectivity index (χ2n) is 6.22. The molecule has 5 nitrogen and oxygen atoms in total. The van der Waals surface area contributed by atoms with Crippen molar-refractivity contribution in [1.29, 1.82) is 0 Å². The lowest BCUT2D eigenvalue weighted by molar-refractivity contribution is -0.121. The summed E-state index contributed by atoms with van der Waals surface area (Å²) in [5, 5.41) is 4.23. The van der Waals surface area contributed by atoms with Crippen molar-refractivity contribution < 1.29 is 14.3 Å². The van der Waals surface area contributed by atoms with E-state index in [1.54, 1.807) is 14.2 Å². The number of hydrogen-bond donors (Lipinski definition) is 1. The van der Waals surface area contributed by atoms with Crippen molar-refractivity contribution in [2.75, 3.05) is 14.2 Å². The highest BCUT2D eigenvalue weighted by Gasteiger charge is 2.15. The van der Waals surface area contributed by atoms with Crippen molar-refractivity contribution in [1.82, 2.24) is 9.88 Å². The Morgan fingerprint density at radius 2 is 1.92 bits per heavy atom. The second-order valence-corrected chi connectivity index (χ2v) is 6.22. The maximum Gasteiger partial charge on any atom is 0.222 e. The molecule has 3 aromatic rings. The molecule has 0 bridgehead atoms. The van der Waals surface area contributed by atoms with Crippen LogP contribution in [-0.2, 0) is 11.3 Å². The summed E-state index contributed by atoms with van der Waals surface area (Å²) in [5.41, 5.74) is 2.07. The number of aryl methyl sites for hydroxylation is 1. The number of fused-ring (bicyclic) bond motifs is 1. The average molecular weight is 352 g/mol. The van der Waals surface area contributed by atoms with Crippen LogP contribution in [0.3, 0.4) is 0 Å². The van der Waals surface area contributed by atoms with E-state index in [4.69, 9.17) is 9.47 Å². The molecule has 0 saturated carbocycles. The van der Waals surface area contributed by atoms with Gasteiger partial charge in [0.2, 0.25) is 5.91 Å². The van der Waals surface area contributed by atoms with E-state index < -0.39 is 0 Å². The number of carbonyl (C=O) groups excluding carboxylic acids is 1. The van der Waals surface area contributed by atoms with E-state index in [0.29, 0.717) is 18.7 Å². The number of aromatic nitrogens is 1. The first kappa shape index (κ1) is 17.9. The summed E-state index contributed by atoms with van der Waals surface area (Å²) in [7, 11) is 3.23. The summed E-state index contributed by atoms with van der Waals surface area (Å²) in [6, 6.07) is 15.7. The maximum absolute atomic E-state index is 12.4. The lowest BCUT2D eigenvalue weighted by Crippen LogP contribution is -2.27. The zero-order chi connectivity index (χ0) is 18.5. The Balaban J connectivity index is 1.63. The number of para-hydroxylation sites is 1. The number of methoxy groups -OCH3 is 2. The summed E-state index contributed by atoms with van der Waals surface area (Å²) in [5.74, 6) is 1.44. The smallest absolute Gasteiger partial charge is 0.222 e. The first-order valence-electron chi connectivity index (χ1n) is 8.67.